The van der Waals surface area contributed by atoms with E-state index in [1.165, 1.54) is 96.3 Å². The number of allylic oxidation sites excluding steroid dienone is 9. The smallest absolute Gasteiger partial charge is 0.310 e. The van der Waals surface area contributed by atoms with Crippen LogP contribution in [0.3, 0.4) is 0 Å². The molecule has 0 aromatic rings. The van der Waals surface area contributed by atoms with E-state index in [0.29, 0.717) is 12.8 Å². The van der Waals surface area contributed by atoms with Gasteiger partial charge in [0.25, 0.3) is 0 Å². The average molecular weight is 995 g/mol. The maximum absolute atomic E-state index is 12.9. The SMILES string of the molecule is CC/C=C\C/C=C\C/C=C\C/C=C\C/C=C\CC(=O)OC(COC(=O)CCCCCCCCCCCCCCCCCCCCC)COC1OC(COC2OC(CO)C(O)C(O)C2O)C(O)C(O)C1O. The van der Waals surface area contributed by atoms with Crippen molar-refractivity contribution in [2.24, 2.45) is 0 Å². The van der Waals surface area contributed by atoms with E-state index >= 15 is 0 Å². The third-order valence-electron chi connectivity index (χ3n) is 12.5. The number of hydrogen-bond acceptors (Lipinski definition) is 15. The lowest BCUT2D eigenvalue weighted by molar-refractivity contribution is -0.332. The molecule has 0 aliphatic carbocycles. The van der Waals surface area contributed by atoms with E-state index in [4.69, 9.17) is 28.4 Å². The van der Waals surface area contributed by atoms with Crippen molar-refractivity contribution in [2.75, 3.05) is 26.4 Å². The molecule has 0 radical (unpaired) electrons. The molecule has 0 aromatic heterocycles. The molecule has 0 bridgehead atoms. The van der Waals surface area contributed by atoms with Gasteiger partial charge in [-0.2, -0.15) is 0 Å². The van der Waals surface area contributed by atoms with Crippen molar-refractivity contribution in [3.05, 3.63) is 60.8 Å². The van der Waals surface area contributed by atoms with Gasteiger partial charge in [0, 0.05) is 6.42 Å². The molecule has 11 unspecified atom stereocenters. The van der Waals surface area contributed by atoms with Gasteiger partial charge in [-0.25, -0.2) is 0 Å². The second-order valence-corrected chi connectivity index (χ2v) is 18.7. The minimum Gasteiger partial charge on any atom is -0.462 e. The standard InChI is InChI=1S/C55H94O15/c1-3-5-7-9-11-13-15-17-19-20-21-22-24-25-27-29-31-33-35-37-46(57)65-40-43(68-47(58)38-36-34-32-30-28-26-23-18-16-14-12-10-8-6-4-2)41-66-54-53(64)51(62)49(60)45(70-54)42-67-55-52(63)50(61)48(59)44(39-56)69-55/h6,8,12,14,18,23,28,30,34,36,43-45,48-56,59-64H,3-5,7,9-11,13,15-17,19-22,24-27,29,31-33,35,37-42H2,1-2H3/b8-6-,14-12-,23-18-,30-28-,36-34-. The van der Waals surface area contributed by atoms with Gasteiger partial charge < -0.3 is 64.2 Å². The summed E-state index contributed by atoms with van der Waals surface area (Å²) >= 11 is 0. The molecule has 2 fully saturated rings. The zero-order valence-corrected chi connectivity index (χ0v) is 42.7. The Balaban J connectivity index is 1.81. The number of carbonyl (C=O) groups is 2. The van der Waals surface area contributed by atoms with E-state index in [0.717, 1.165) is 44.9 Å². The molecule has 15 heteroatoms. The third kappa shape index (κ3) is 29.0. The topological polar surface area (TPSA) is 231 Å². The molecular formula is C55H94O15. The number of carbonyl (C=O) groups excluding carboxylic acids is 2. The van der Waals surface area contributed by atoms with Crippen LogP contribution in [0, 0.1) is 0 Å². The van der Waals surface area contributed by atoms with E-state index in [1.807, 2.05) is 18.2 Å². The predicted octanol–water partition coefficient (Wildman–Crippen LogP) is 8.05. The molecule has 11 atom stereocenters. The van der Waals surface area contributed by atoms with Gasteiger partial charge in [0.05, 0.1) is 26.2 Å². The number of esters is 2. The van der Waals surface area contributed by atoms with Crippen molar-refractivity contribution in [2.45, 2.75) is 248 Å². The fourth-order valence-corrected chi connectivity index (χ4v) is 8.18. The van der Waals surface area contributed by atoms with Crippen LogP contribution in [0.2, 0.25) is 0 Å². The van der Waals surface area contributed by atoms with Crippen LogP contribution in [0.4, 0.5) is 0 Å². The Hall–Kier alpha value is -2.80. The van der Waals surface area contributed by atoms with Crippen molar-refractivity contribution in [3.63, 3.8) is 0 Å². The zero-order chi connectivity index (χ0) is 51.0. The van der Waals surface area contributed by atoms with Gasteiger partial charge in [0.1, 0.15) is 55.4 Å². The molecule has 15 nitrogen and oxygen atoms in total. The molecule has 2 saturated heterocycles. The fraction of sp³-hybridized carbons (Fsp3) is 0.782. The maximum atomic E-state index is 12.9. The molecule has 2 rings (SSSR count). The number of aliphatic hydroxyl groups is 7. The van der Waals surface area contributed by atoms with Crippen LogP contribution >= 0.6 is 0 Å². The lowest BCUT2D eigenvalue weighted by Gasteiger charge is -2.42. The molecule has 2 heterocycles. The highest BCUT2D eigenvalue weighted by atomic mass is 16.7. The first-order valence-corrected chi connectivity index (χ1v) is 26.9. The van der Waals surface area contributed by atoms with E-state index in [1.54, 1.807) is 6.08 Å². The van der Waals surface area contributed by atoms with Gasteiger partial charge in [-0.3, -0.25) is 9.59 Å². The van der Waals surface area contributed by atoms with E-state index in [-0.39, 0.29) is 19.4 Å². The molecule has 0 spiro atoms. The van der Waals surface area contributed by atoms with Crippen LogP contribution in [-0.2, 0) is 38.0 Å². The Morgan fingerprint density at radius 1 is 0.471 bits per heavy atom. The molecule has 70 heavy (non-hydrogen) atoms. The van der Waals surface area contributed by atoms with Crippen molar-refractivity contribution in [1.29, 1.82) is 0 Å². The maximum Gasteiger partial charge on any atom is 0.310 e. The number of hydrogen-bond donors (Lipinski definition) is 7. The summed E-state index contributed by atoms with van der Waals surface area (Å²) in [4.78, 5) is 25.7. The van der Waals surface area contributed by atoms with Crippen LogP contribution < -0.4 is 0 Å². The number of rotatable bonds is 41. The van der Waals surface area contributed by atoms with E-state index in [9.17, 15) is 45.3 Å². The Morgan fingerprint density at radius 3 is 1.36 bits per heavy atom. The fourth-order valence-electron chi connectivity index (χ4n) is 8.18. The normalized spacial score (nSPS) is 25.8. The number of unbranched alkanes of at least 4 members (excludes halogenated alkanes) is 18. The summed E-state index contributed by atoms with van der Waals surface area (Å²) in [7, 11) is 0. The minimum atomic E-state index is -1.78. The third-order valence-corrected chi connectivity index (χ3v) is 12.5. The summed E-state index contributed by atoms with van der Waals surface area (Å²) in [6.07, 6.45) is 31.4. The van der Waals surface area contributed by atoms with Crippen LogP contribution in [-0.4, -0.2) is 142 Å². The summed E-state index contributed by atoms with van der Waals surface area (Å²) < 4.78 is 33.5. The molecule has 2 aliphatic heterocycles. The van der Waals surface area contributed by atoms with Gasteiger partial charge >= 0.3 is 11.9 Å². The number of ether oxygens (including phenoxy) is 6. The van der Waals surface area contributed by atoms with Gasteiger partial charge in [-0.05, 0) is 38.5 Å². The van der Waals surface area contributed by atoms with Crippen molar-refractivity contribution >= 4 is 11.9 Å². The summed E-state index contributed by atoms with van der Waals surface area (Å²) in [6, 6.07) is 0. The zero-order valence-electron chi connectivity index (χ0n) is 42.7. The van der Waals surface area contributed by atoms with Gasteiger partial charge in [0.15, 0.2) is 18.7 Å². The predicted molar refractivity (Wildman–Crippen MR) is 270 cm³/mol. The van der Waals surface area contributed by atoms with E-state index < -0.39 is 99.3 Å². The molecule has 0 saturated carbocycles. The molecular weight excluding hydrogens is 901 g/mol. The molecule has 0 amide bonds. The minimum absolute atomic E-state index is 0.0673. The highest BCUT2D eigenvalue weighted by Gasteiger charge is 2.47. The summed E-state index contributed by atoms with van der Waals surface area (Å²) in [5.41, 5.74) is 0. The Kier molecular flexibility index (Phi) is 37.7. The van der Waals surface area contributed by atoms with Gasteiger partial charge in [-0.1, -0.05) is 190 Å². The second-order valence-electron chi connectivity index (χ2n) is 18.7. The molecule has 404 valence electrons. The first-order chi connectivity index (χ1) is 34.0. The Bertz CT molecular complexity index is 1450. The first-order valence-electron chi connectivity index (χ1n) is 26.9. The average Bonchev–Trinajstić information content (AvgIpc) is 3.35. The van der Waals surface area contributed by atoms with Crippen molar-refractivity contribution in [1.82, 2.24) is 0 Å². The highest BCUT2D eigenvalue weighted by molar-refractivity contribution is 5.71. The number of aliphatic hydroxyl groups excluding tert-OH is 7. The monoisotopic (exact) mass is 995 g/mol. The van der Waals surface area contributed by atoms with Gasteiger partial charge in [0.2, 0.25) is 0 Å². The second kappa shape index (κ2) is 41.6. The van der Waals surface area contributed by atoms with Crippen molar-refractivity contribution < 1.29 is 73.8 Å². The van der Waals surface area contributed by atoms with Crippen LogP contribution in [0.15, 0.2) is 60.8 Å². The summed E-state index contributed by atoms with van der Waals surface area (Å²) in [5.74, 6) is -1.07. The lowest BCUT2D eigenvalue weighted by Crippen LogP contribution is -2.61. The van der Waals surface area contributed by atoms with Crippen LogP contribution in [0.1, 0.15) is 181 Å². The van der Waals surface area contributed by atoms with Gasteiger partial charge in [-0.15, -0.1) is 0 Å². The first kappa shape index (κ1) is 63.3. The Labute approximate surface area is 420 Å². The molecule has 2 aliphatic rings. The Morgan fingerprint density at radius 2 is 0.886 bits per heavy atom. The summed E-state index contributed by atoms with van der Waals surface area (Å²) in [6.45, 7) is 2.38. The molecule has 0 aromatic carbocycles. The highest BCUT2D eigenvalue weighted by Crippen LogP contribution is 2.26. The summed E-state index contributed by atoms with van der Waals surface area (Å²) in [5, 5.41) is 72.1. The van der Waals surface area contributed by atoms with Crippen LogP contribution in [0.25, 0.3) is 0 Å². The lowest BCUT2D eigenvalue weighted by atomic mass is 9.98. The van der Waals surface area contributed by atoms with Crippen molar-refractivity contribution in [3.8, 4) is 0 Å². The van der Waals surface area contributed by atoms with Crippen LogP contribution in [0.5, 0.6) is 0 Å². The molecule has 7 N–H and O–H groups in total. The van der Waals surface area contributed by atoms with E-state index in [2.05, 4.69) is 50.3 Å². The quantitative estimate of drug-likeness (QED) is 0.0175. The largest absolute Gasteiger partial charge is 0.462 e.